The van der Waals surface area contributed by atoms with Gasteiger partial charge in [-0.15, -0.1) is 0 Å². The molecule has 0 aliphatic rings. The first-order valence-corrected chi connectivity index (χ1v) is 8.35. The van der Waals surface area contributed by atoms with Gasteiger partial charge in [0.05, 0.1) is 7.11 Å². The molecule has 5 heteroatoms. The molecule has 0 fully saturated rings. The van der Waals surface area contributed by atoms with Crippen LogP contribution >= 0.6 is 0 Å². The molecular weight excluding hydrogens is 316 g/mol. The van der Waals surface area contributed by atoms with Crippen molar-refractivity contribution in [3.8, 4) is 5.75 Å². The SMILES string of the molecule is CCc1cccc(C)c1NC(=O)C(=O)NCCc1cccc(OC)c1. The van der Waals surface area contributed by atoms with Crippen molar-refractivity contribution >= 4 is 17.5 Å². The summed E-state index contributed by atoms with van der Waals surface area (Å²) in [5, 5.41) is 5.38. The summed E-state index contributed by atoms with van der Waals surface area (Å²) in [4.78, 5) is 24.2. The molecule has 2 rings (SSSR count). The lowest BCUT2D eigenvalue weighted by Gasteiger charge is -2.13. The minimum Gasteiger partial charge on any atom is -0.497 e. The van der Waals surface area contributed by atoms with E-state index >= 15 is 0 Å². The molecule has 2 amide bonds. The molecular formula is C20H24N2O3. The summed E-state index contributed by atoms with van der Waals surface area (Å²) in [5.41, 5.74) is 3.71. The average molecular weight is 340 g/mol. The van der Waals surface area contributed by atoms with Crippen LogP contribution in [0.2, 0.25) is 0 Å². The molecule has 25 heavy (non-hydrogen) atoms. The quantitative estimate of drug-likeness (QED) is 0.795. The summed E-state index contributed by atoms with van der Waals surface area (Å²) in [6, 6.07) is 13.4. The smallest absolute Gasteiger partial charge is 0.313 e. The van der Waals surface area contributed by atoms with Crippen LogP contribution in [0.5, 0.6) is 5.75 Å². The fourth-order valence-corrected chi connectivity index (χ4v) is 2.60. The highest BCUT2D eigenvalue weighted by molar-refractivity contribution is 6.39. The number of nitrogens with one attached hydrogen (secondary N) is 2. The summed E-state index contributed by atoms with van der Waals surface area (Å²) in [5.74, 6) is -0.504. The number of carbonyl (C=O) groups is 2. The molecule has 0 spiro atoms. The van der Waals surface area contributed by atoms with Gasteiger partial charge in [-0.3, -0.25) is 9.59 Å². The molecule has 2 aromatic carbocycles. The van der Waals surface area contributed by atoms with Crippen LogP contribution in [0.15, 0.2) is 42.5 Å². The second kappa shape index (κ2) is 8.87. The zero-order valence-corrected chi connectivity index (χ0v) is 14.9. The van der Waals surface area contributed by atoms with Gasteiger partial charge in [-0.25, -0.2) is 0 Å². The molecule has 0 radical (unpaired) electrons. The maximum atomic E-state index is 12.1. The highest BCUT2D eigenvalue weighted by Gasteiger charge is 2.15. The van der Waals surface area contributed by atoms with Crippen LogP contribution in [0.4, 0.5) is 5.69 Å². The molecule has 0 saturated carbocycles. The summed E-state index contributed by atoms with van der Waals surface area (Å²) < 4.78 is 5.17. The molecule has 2 aromatic rings. The Morgan fingerprint density at radius 3 is 2.56 bits per heavy atom. The van der Waals surface area contributed by atoms with Gasteiger partial charge in [0.25, 0.3) is 0 Å². The third-order valence-corrected chi connectivity index (χ3v) is 4.02. The zero-order chi connectivity index (χ0) is 18.2. The van der Waals surface area contributed by atoms with Gasteiger partial charge in [-0.1, -0.05) is 37.3 Å². The molecule has 2 N–H and O–H groups in total. The number of methoxy groups -OCH3 is 1. The molecule has 5 nitrogen and oxygen atoms in total. The van der Waals surface area contributed by atoms with Crippen LogP contribution in [0, 0.1) is 6.92 Å². The largest absolute Gasteiger partial charge is 0.497 e. The number of rotatable bonds is 6. The van der Waals surface area contributed by atoms with Crippen LogP contribution in [0.1, 0.15) is 23.6 Å². The molecule has 0 atom stereocenters. The molecule has 0 unspecified atom stereocenters. The number of aryl methyl sites for hydroxylation is 2. The predicted molar refractivity (Wildman–Crippen MR) is 98.9 cm³/mol. The normalized spacial score (nSPS) is 10.2. The van der Waals surface area contributed by atoms with Gasteiger partial charge in [0.2, 0.25) is 0 Å². The van der Waals surface area contributed by atoms with E-state index in [2.05, 4.69) is 10.6 Å². The second-order valence-electron chi connectivity index (χ2n) is 5.77. The number of para-hydroxylation sites is 1. The van der Waals surface area contributed by atoms with Gasteiger partial charge >= 0.3 is 11.8 Å². The van der Waals surface area contributed by atoms with Crippen molar-refractivity contribution in [3.63, 3.8) is 0 Å². The Hall–Kier alpha value is -2.82. The maximum Gasteiger partial charge on any atom is 0.313 e. The standard InChI is InChI=1S/C20H24N2O3/c1-4-16-9-5-7-14(2)18(16)22-20(24)19(23)21-12-11-15-8-6-10-17(13-15)25-3/h5-10,13H,4,11-12H2,1-3H3,(H,21,23)(H,22,24). The Labute approximate surface area is 148 Å². The van der Waals surface area contributed by atoms with Crippen molar-refractivity contribution in [1.29, 1.82) is 0 Å². The Morgan fingerprint density at radius 1 is 1.08 bits per heavy atom. The second-order valence-corrected chi connectivity index (χ2v) is 5.77. The van der Waals surface area contributed by atoms with Crippen LogP contribution in [0.25, 0.3) is 0 Å². The predicted octanol–water partition coefficient (Wildman–Crippen LogP) is 2.86. The number of anilines is 1. The number of hydrogen-bond donors (Lipinski definition) is 2. The lowest BCUT2D eigenvalue weighted by atomic mass is 10.1. The van der Waals surface area contributed by atoms with E-state index in [1.807, 2.05) is 56.3 Å². The highest BCUT2D eigenvalue weighted by Crippen LogP contribution is 2.20. The van der Waals surface area contributed by atoms with Crippen LogP contribution in [-0.2, 0) is 22.4 Å². The molecule has 132 valence electrons. The van der Waals surface area contributed by atoms with E-state index in [1.54, 1.807) is 7.11 Å². The van der Waals surface area contributed by atoms with Gasteiger partial charge < -0.3 is 15.4 Å². The van der Waals surface area contributed by atoms with E-state index in [9.17, 15) is 9.59 Å². The van der Waals surface area contributed by atoms with Crippen molar-refractivity contribution < 1.29 is 14.3 Å². The van der Waals surface area contributed by atoms with Crippen molar-refractivity contribution in [2.75, 3.05) is 19.0 Å². The third-order valence-electron chi connectivity index (χ3n) is 4.02. The topological polar surface area (TPSA) is 67.4 Å². The molecule has 0 bridgehead atoms. The van der Waals surface area contributed by atoms with Crippen LogP contribution < -0.4 is 15.4 Å². The molecule has 0 aliphatic carbocycles. The Kier molecular flexibility index (Phi) is 6.57. The molecule has 0 aromatic heterocycles. The van der Waals surface area contributed by atoms with E-state index in [1.165, 1.54) is 0 Å². The van der Waals surface area contributed by atoms with Crippen molar-refractivity contribution in [2.45, 2.75) is 26.7 Å². The molecule has 0 saturated heterocycles. The van der Waals surface area contributed by atoms with Crippen LogP contribution in [0.3, 0.4) is 0 Å². The number of ether oxygens (including phenoxy) is 1. The minimum absolute atomic E-state index is 0.383. The van der Waals surface area contributed by atoms with E-state index in [0.29, 0.717) is 13.0 Å². The lowest BCUT2D eigenvalue weighted by Crippen LogP contribution is -2.36. The van der Waals surface area contributed by atoms with Gasteiger partial charge in [0, 0.05) is 12.2 Å². The Morgan fingerprint density at radius 2 is 1.84 bits per heavy atom. The molecule has 0 heterocycles. The highest BCUT2D eigenvalue weighted by atomic mass is 16.5. The van der Waals surface area contributed by atoms with Gasteiger partial charge in [0.15, 0.2) is 0 Å². The zero-order valence-electron chi connectivity index (χ0n) is 14.9. The first kappa shape index (κ1) is 18.5. The van der Waals surface area contributed by atoms with E-state index < -0.39 is 11.8 Å². The maximum absolute atomic E-state index is 12.1. The van der Waals surface area contributed by atoms with Gasteiger partial charge in [0.1, 0.15) is 5.75 Å². The van der Waals surface area contributed by atoms with Gasteiger partial charge in [-0.2, -0.15) is 0 Å². The Bertz CT molecular complexity index is 756. The minimum atomic E-state index is -0.644. The number of hydrogen-bond acceptors (Lipinski definition) is 3. The van der Waals surface area contributed by atoms with Crippen molar-refractivity contribution in [2.24, 2.45) is 0 Å². The van der Waals surface area contributed by atoms with Crippen molar-refractivity contribution in [1.82, 2.24) is 5.32 Å². The summed E-state index contributed by atoms with van der Waals surface area (Å²) in [7, 11) is 1.61. The summed E-state index contributed by atoms with van der Waals surface area (Å²) in [6.45, 7) is 4.31. The van der Waals surface area contributed by atoms with Crippen molar-refractivity contribution in [3.05, 3.63) is 59.2 Å². The number of amides is 2. The van der Waals surface area contributed by atoms with Gasteiger partial charge in [-0.05, 0) is 48.6 Å². The monoisotopic (exact) mass is 340 g/mol. The summed E-state index contributed by atoms with van der Waals surface area (Å²) >= 11 is 0. The molecule has 0 aliphatic heterocycles. The summed E-state index contributed by atoms with van der Waals surface area (Å²) in [6.07, 6.45) is 1.41. The van der Waals surface area contributed by atoms with E-state index in [0.717, 1.165) is 34.5 Å². The fourth-order valence-electron chi connectivity index (χ4n) is 2.60. The van der Waals surface area contributed by atoms with E-state index in [-0.39, 0.29) is 0 Å². The first-order chi connectivity index (χ1) is 12.0. The fraction of sp³-hybridized carbons (Fsp3) is 0.300. The van der Waals surface area contributed by atoms with Crippen LogP contribution in [-0.4, -0.2) is 25.5 Å². The number of benzene rings is 2. The van der Waals surface area contributed by atoms with E-state index in [4.69, 9.17) is 4.74 Å². The lowest BCUT2D eigenvalue weighted by molar-refractivity contribution is -0.136. The third kappa shape index (κ3) is 5.08. The first-order valence-electron chi connectivity index (χ1n) is 8.35. The Balaban J connectivity index is 1.89. The number of carbonyl (C=O) groups excluding carboxylic acids is 2. The average Bonchev–Trinajstić information content (AvgIpc) is 2.63.